The molecule has 0 aliphatic carbocycles. The molecule has 1 aromatic carbocycles. The van der Waals surface area contributed by atoms with Gasteiger partial charge in [0.25, 0.3) is 5.91 Å². The van der Waals surface area contributed by atoms with Crippen LogP contribution in [0.2, 0.25) is 5.02 Å². The summed E-state index contributed by atoms with van der Waals surface area (Å²) in [5.41, 5.74) is 0. The summed E-state index contributed by atoms with van der Waals surface area (Å²) in [5, 5.41) is 4.10. The maximum atomic E-state index is 12.4. The fourth-order valence-corrected chi connectivity index (χ4v) is 4.11. The Balaban J connectivity index is 0.00000192. The number of piperidine rings is 1. The summed E-state index contributed by atoms with van der Waals surface area (Å²) in [6, 6.07) is 6.83. The fourth-order valence-electron chi connectivity index (χ4n) is 3.38. The van der Waals surface area contributed by atoms with E-state index in [0.717, 1.165) is 17.3 Å². The number of fused-ring (bicyclic) bond motifs is 2. The van der Waals surface area contributed by atoms with E-state index in [1.165, 1.54) is 12.8 Å². The van der Waals surface area contributed by atoms with Crippen LogP contribution in [0.3, 0.4) is 0 Å². The molecule has 2 aliphatic rings. The number of rotatable bonds is 4. The second kappa shape index (κ2) is 8.06. The van der Waals surface area contributed by atoms with Gasteiger partial charge in [-0.3, -0.25) is 4.79 Å². The first-order chi connectivity index (χ1) is 10.5. The van der Waals surface area contributed by atoms with Crippen LogP contribution >= 0.6 is 39.9 Å². The van der Waals surface area contributed by atoms with Crippen LogP contribution in [-0.2, 0) is 4.79 Å². The van der Waals surface area contributed by atoms with E-state index >= 15 is 0 Å². The lowest BCUT2D eigenvalue weighted by atomic mass is 9.98. The molecule has 2 heterocycles. The van der Waals surface area contributed by atoms with Crippen molar-refractivity contribution in [1.82, 2.24) is 10.2 Å². The zero-order valence-corrected chi connectivity index (χ0v) is 16.1. The highest BCUT2D eigenvalue weighted by Crippen LogP contribution is 2.30. The zero-order chi connectivity index (χ0) is 15.7. The van der Waals surface area contributed by atoms with Gasteiger partial charge < -0.3 is 15.0 Å². The van der Waals surface area contributed by atoms with Gasteiger partial charge in [0.15, 0.2) is 6.61 Å². The predicted molar refractivity (Wildman–Crippen MR) is 97.6 cm³/mol. The second-order valence-electron chi connectivity index (χ2n) is 6.13. The first-order valence-electron chi connectivity index (χ1n) is 7.62. The average Bonchev–Trinajstić information content (AvgIpc) is 2.83. The van der Waals surface area contributed by atoms with Crippen LogP contribution in [-0.4, -0.2) is 42.6 Å². The van der Waals surface area contributed by atoms with E-state index in [9.17, 15) is 4.79 Å². The van der Waals surface area contributed by atoms with Gasteiger partial charge >= 0.3 is 0 Å². The Kier molecular flexibility index (Phi) is 6.60. The van der Waals surface area contributed by atoms with Crippen LogP contribution in [0.25, 0.3) is 0 Å². The number of ether oxygens (including phenoxy) is 1. The number of amides is 1. The molecule has 3 rings (SSSR count). The van der Waals surface area contributed by atoms with Crippen molar-refractivity contribution in [3.8, 4) is 5.75 Å². The van der Waals surface area contributed by atoms with Crippen LogP contribution in [0.5, 0.6) is 5.75 Å². The number of hydrogen-bond acceptors (Lipinski definition) is 3. The molecule has 1 amide bonds. The van der Waals surface area contributed by atoms with Crippen molar-refractivity contribution < 1.29 is 9.53 Å². The van der Waals surface area contributed by atoms with Crippen molar-refractivity contribution in [2.75, 3.05) is 13.7 Å². The molecule has 1 N–H and O–H groups in total. The monoisotopic (exact) mass is 422 g/mol. The lowest BCUT2D eigenvalue weighted by Crippen LogP contribution is -2.49. The summed E-state index contributed by atoms with van der Waals surface area (Å²) < 4.78 is 6.46. The summed E-state index contributed by atoms with van der Waals surface area (Å²) in [6.45, 7) is 0.0249. The van der Waals surface area contributed by atoms with Crippen molar-refractivity contribution in [2.45, 2.75) is 43.8 Å². The molecule has 0 radical (unpaired) electrons. The van der Waals surface area contributed by atoms with E-state index in [0.29, 0.717) is 28.9 Å². The first-order valence-corrected chi connectivity index (χ1v) is 8.79. The van der Waals surface area contributed by atoms with Crippen LogP contribution in [0.15, 0.2) is 22.7 Å². The zero-order valence-electron chi connectivity index (χ0n) is 12.9. The number of nitrogens with one attached hydrogen (secondary N) is 1. The molecule has 4 nitrogen and oxygen atoms in total. The third-order valence-electron chi connectivity index (χ3n) is 4.63. The third-order valence-corrected chi connectivity index (χ3v) is 5.42. The van der Waals surface area contributed by atoms with Gasteiger partial charge in [-0.25, -0.2) is 0 Å². The van der Waals surface area contributed by atoms with E-state index in [4.69, 9.17) is 16.3 Å². The molecule has 2 fully saturated rings. The van der Waals surface area contributed by atoms with Crippen LogP contribution in [0, 0.1) is 0 Å². The van der Waals surface area contributed by atoms with Crippen LogP contribution in [0.1, 0.15) is 25.7 Å². The van der Waals surface area contributed by atoms with Crippen molar-refractivity contribution in [3.05, 3.63) is 27.7 Å². The molecule has 1 aromatic rings. The lowest BCUT2D eigenvalue weighted by Gasteiger charge is -2.35. The van der Waals surface area contributed by atoms with E-state index in [1.807, 2.05) is 18.0 Å². The molecule has 0 spiro atoms. The Morgan fingerprint density at radius 3 is 2.65 bits per heavy atom. The summed E-state index contributed by atoms with van der Waals surface area (Å²) in [6.07, 6.45) is 4.54. The minimum absolute atomic E-state index is 0. The largest absolute Gasteiger partial charge is 0.482 e. The summed E-state index contributed by atoms with van der Waals surface area (Å²) in [7, 11) is 1.88. The van der Waals surface area contributed by atoms with E-state index in [1.54, 1.807) is 12.1 Å². The smallest absolute Gasteiger partial charge is 0.260 e. The standard InChI is InChI=1S/C16H20BrClN2O2.ClH/c1-20(13-7-11-3-4-12(8-13)19-11)16(21)9-22-15-5-2-10(17)6-14(15)18;/h2,5-6,11-13,19H,3-4,7-9H2,1H3;1H. The molecule has 2 unspecified atom stereocenters. The lowest BCUT2D eigenvalue weighted by molar-refractivity contribution is -0.134. The normalized spacial score (nSPS) is 25.6. The number of hydrogen-bond donors (Lipinski definition) is 1. The van der Waals surface area contributed by atoms with Crippen LogP contribution in [0.4, 0.5) is 0 Å². The molecule has 0 saturated carbocycles. The van der Waals surface area contributed by atoms with Gasteiger partial charge in [0.2, 0.25) is 0 Å². The molecule has 23 heavy (non-hydrogen) atoms. The Morgan fingerprint density at radius 2 is 2.04 bits per heavy atom. The molecule has 0 aromatic heterocycles. The van der Waals surface area contributed by atoms with Crippen molar-refractivity contribution in [3.63, 3.8) is 0 Å². The molecular formula is C16H21BrCl2N2O2. The maximum absolute atomic E-state index is 12.4. The number of likely N-dealkylation sites (N-methyl/N-ethyl adjacent to an activating group) is 1. The van der Waals surface area contributed by atoms with Crippen molar-refractivity contribution >= 4 is 45.8 Å². The van der Waals surface area contributed by atoms with Crippen LogP contribution < -0.4 is 10.1 Å². The Labute approximate surface area is 156 Å². The highest BCUT2D eigenvalue weighted by Gasteiger charge is 2.36. The van der Waals surface area contributed by atoms with E-state index in [2.05, 4.69) is 21.2 Å². The molecule has 2 bridgehead atoms. The van der Waals surface area contributed by atoms with Gasteiger partial charge in [-0.2, -0.15) is 0 Å². The second-order valence-corrected chi connectivity index (χ2v) is 7.45. The SMILES string of the molecule is CN(C(=O)COc1ccc(Br)cc1Cl)C1CC2CCC(C1)N2.Cl. The fraction of sp³-hybridized carbons (Fsp3) is 0.562. The van der Waals surface area contributed by atoms with Gasteiger partial charge in [0.1, 0.15) is 5.75 Å². The Hall–Kier alpha value is -0.490. The van der Waals surface area contributed by atoms with E-state index in [-0.39, 0.29) is 24.9 Å². The van der Waals surface area contributed by atoms with Gasteiger partial charge in [-0.05, 0) is 43.9 Å². The van der Waals surface area contributed by atoms with E-state index < -0.39 is 0 Å². The highest BCUT2D eigenvalue weighted by molar-refractivity contribution is 9.10. The number of halogens is 3. The minimum atomic E-state index is 0. The minimum Gasteiger partial charge on any atom is -0.482 e. The first kappa shape index (κ1) is 18.8. The summed E-state index contributed by atoms with van der Waals surface area (Å²) >= 11 is 9.45. The van der Waals surface area contributed by atoms with Gasteiger partial charge in [-0.1, -0.05) is 27.5 Å². The third kappa shape index (κ3) is 4.53. The van der Waals surface area contributed by atoms with Crippen molar-refractivity contribution in [2.24, 2.45) is 0 Å². The molecular weight excluding hydrogens is 403 g/mol. The maximum Gasteiger partial charge on any atom is 0.260 e. The Morgan fingerprint density at radius 1 is 1.39 bits per heavy atom. The van der Waals surface area contributed by atoms with Gasteiger partial charge in [0, 0.05) is 29.6 Å². The molecule has 2 saturated heterocycles. The number of nitrogens with zero attached hydrogens (tertiary/aromatic N) is 1. The van der Waals surface area contributed by atoms with Crippen molar-refractivity contribution in [1.29, 1.82) is 0 Å². The summed E-state index contributed by atoms with van der Waals surface area (Å²) in [5.74, 6) is 0.544. The number of carbonyl (C=O) groups excluding carboxylic acids is 1. The highest BCUT2D eigenvalue weighted by atomic mass is 79.9. The number of benzene rings is 1. The van der Waals surface area contributed by atoms with Gasteiger partial charge in [0.05, 0.1) is 5.02 Å². The topological polar surface area (TPSA) is 41.6 Å². The quantitative estimate of drug-likeness (QED) is 0.803. The van der Waals surface area contributed by atoms with Gasteiger partial charge in [-0.15, -0.1) is 12.4 Å². The summed E-state index contributed by atoms with van der Waals surface area (Å²) in [4.78, 5) is 14.2. The Bertz CT molecular complexity index is 561. The number of carbonyl (C=O) groups is 1. The molecule has 2 atom stereocenters. The predicted octanol–water partition coefficient (Wildman–Crippen LogP) is 3.64. The molecule has 7 heteroatoms. The molecule has 2 aliphatic heterocycles. The average molecular weight is 424 g/mol. The molecule has 128 valence electrons.